The van der Waals surface area contributed by atoms with Crippen LogP contribution >= 0.6 is 11.3 Å². The van der Waals surface area contributed by atoms with Crippen molar-refractivity contribution in [1.82, 2.24) is 9.97 Å². The van der Waals surface area contributed by atoms with Crippen LogP contribution < -0.4 is 10.3 Å². The van der Waals surface area contributed by atoms with Gasteiger partial charge in [0.2, 0.25) is 5.75 Å². The van der Waals surface area contributed by atoms with Crippen molar-refractivity contribution in [2.45, 2.75) is 26.2 Å². The maximum Gasteiger partial charge on any atom is 0.312 e. The third-order valence-corrected chi connectivity index (χ3v) is 7.22. The molecule has 1 aliphatic carbocycles. The molecule has 2 aromatic heterocycles. The Kier molecular flexibility index (Phi) is 6.08. The standard InChI is InChI=1S/C26H19FN4O4S/c1-14-2-8-19-22(10-14)36-26-23(19)25(32)29-24(30-26)16(13-28)11-15-3-9-21(20(12-15)31(33)34)35-18-6-4-17(27)5-7-18/h3-7,9,11-12,14H,2,8,10H2,1H3,(H,29,30,32)/b16-11-/t14-/m1/s1. The highest BCUT2D eigenvalue weighted by Gasteiger charge is 2.24. The lowest BCUT2D eigenvalue weighted by atomic mass is 9.89. The van der Waals surface area contributed by atoms with Crippen LogP contribution in [0.25, 0.3) is 21.9 Å². The summed E-state index contributed by atoms with van der Waals surface area (Å²) in [6, 6.07) is 11.3. The van der Waals surface area contributed by atoms with Gasteiger partial charge in [-0.3, -0.25) is 14.9 Å². The highest BCUT2D eigenvalue weighted by atomic mass is 32.1. The first-order valence-electron chi connectivity index (χ1n) is 11.2. The Balaban J connectivity index is 1.52. The molecule has 180 valence electrons. The zero-order valence-electron chi connectivity index (χ0n) is 19.1. The summed E-state index contributed by atoms with van der Waals surface area (Å²) in [6.45, 7) is 2.18. The minimum absolute atomic E-state index is 0.0337. The third kappa shape index (κ3) is 4.48. The number of nitriles is 1. The van der Waals surface area contributed by atoms with Crippen molar-refractivity contribution < 1.29 is 14.1 Å². The van der Waals surface area contributed by atoms with Crippen molar-refractivity contribution in [3.05, 3.63) is 90.6 Å². The van der Waals surface area contributed by atoms with E-state index in [1.807, 2.05) is 6.07 Å². The van der Waals surface area contributed by atoms with E-state index in [0.717, 1.165) is 29.7 Å². The molecule has 0 saturated heterocycles. The maximum absolute atomic E-state index is 13.1. The van der Waals surface area contributed by atoms with E-state index in [9.17, 15) is 24.6 Å². The number of hydrogen-bond acceptors (Lipinski definition) is 7. The topological polar surface area (TPSA) is 122 Å². The van der Waals surface area contributed by atoms with Gasteiger partial charge in [0, 0.05) is 10.9 Å². The largest absolute Gasteiger partial charge is 0.450 e. The molecule has 0 bridgehead atoms. The third-order valence-electron chi connectivity index (χ3n) is 6.07. The van der Waals surface area contributed by atoms with Gasteiger partial charge >= 0.3 is 5.69 Å². The van der Waals surface area contributed by atoms with Crippen LogP contribution in [0, 0.1) is 33.2 Å². The molecule has 0 aliphatic heterocycles. The number of ether oxygens (including phenoxy) is 1. The second kappa shape index (κ2) is 9.36. The van der Waals surface area contributed by atoms with Gasteiger partial charge in [-0.05, 0) is 72.7 Å². The Morgan fingerprint density at radius 3 is 2.83 bits per heavy atom. The van der Waals surface area contributed by atoms with Gasteiger partial charge in [0.25, 0.3) is 5.56 Å². The fourth-order valence-corrected chi connectivity index (χ4v) is 5.66. The minimum atomic E-state index is -0.606. The van der Waals surface area contributed by atoms with E-state index < -0.39 is 10.7 Å². The van der Waals surface area contributed by atoms with E-state index in [0.29, 0.717) is 21.7 Å². The van der Waals surface area contributed by atoms with Crippen LogP contribution in [0.4, 0.5) is 10.1 Å². The van der Waals surface area contributed by atoms with Crippen LogP contribution in [0.5, 0.6) is 11.5 Å². The SMILES string of the molecule is C[C@@H]1CCc2c(sc3nc(/C(C#N)=C\c4ccc(Oc5ccc(F)cc5)c([N+](=O)[O-])c4)[nH]c(=O)c23)C1. The van der Waals surface area contributed by atoms with Crippen molar-refractivity contribution in [3.8, 4) is 17.6 Å². The average Bonchev–Trinajstić information content (AvgIpc) is 3.22. The van der Waals surface area contributed by atoms with Crippen LogP contribution in [0.1, 0.15) is 35.2 Å². The van der Waals surface area contributed by atoms with Crippen molar-refractivity contribution in [2.24, 2.45) is 5.92 Å². The average molecular weight is 503 g/mol. The summed E-state index contributed by atoms with van der Waals surface area (Å²) in [7, 11) is 0. The van der Waals surface area contributed by atoms with Crippen molar-refractivity contribution >= 4 is 38.9 Å². The molecule has 0 radical (unpaired) electrons. The number of nitrogens with zero attached hydrogens (tertiary/aromatic N) is 3. The van der Waals surface area contributed by atoms with E-state index in [1.54, 1.807) is 6.07 Å². The molecule has 2 aromatic carbocycles. The predicted molar refractivity (Wildman–Crippen MR) is 134 cm³/mol. The van der Waals surface area contributed by atoms with Gasteiger partial charge in [0.15, 0.2) is 5.82 Å². The van der Waals surface area contributed by atoms with E-state index >= 15 is 0 Å². The predicted octanol–water partition coefficient (Wildman–Crippen LogP) is 6.01. The monoisotopic (exact) mass is 502 g/mol. The number of H-pyrrole nitrogens is 1. The van der Waals surface area contributed by atoms with Crippen LogP contribution in [-0.4, -0.2) is 14.9 Å². The lowest BCUT2D eigenvalue weighted by molar-refractivity contribution is -0.385. The minimum Gasteiger partial charge on any atom is -0.450 e. The first kappa shape index (κ1) is 23.4. The van der Waals surface area contributed by atoms with Gasteiger partial charge in [-0.15, -0.1) is 11.3 Å². The summed E-state index contributed by atoms with van der Waals surface area (Å²) in [5.74, 6) is 0.404. The number of thiophene rings is 1. The number of aromatic amines is 1. The van der Waals surface area contributed by atoms with Gasteiger partial charge in [0.05, 0.1) is 15.9 Å². The molecule has 4 aromatic rings. The molecule has 1 aliphatic rings. The molecule has 5 rings (SSSR count). The summed E-state index contributed by atoms with van der Waals surface area (Å²) in [4.78, 5) is 33.0. The number of nitro benzene ring substituents is 1. The van der Waals surface area contributed by atoms with Gasteiger partial charge in [-0.25, -0.2) is 9.37 Å². The normalized spacial score (nSPS) is 15.4. The molecule has 0 unspecified atom stereocenters. The number of allylic oxidation sites excluding steroid dienone is 1. The molecule has 1 N–H and O–H groups in total. The Morgan fingerprint density at radius 1 is 1.33 bits per heavy atom. The number of hydrogen-bond donors (Lipinski definition) is 1. The zero-order chi connectivity index (χ0) is 25.4. The van der Waals surface area contributed by atoms with Crippen LogP contribution in [-0.2, 0) is 12.8 Å². The number of halogens is 1. The summed E-state index contributed by atoms with van der Waals surface area (Å²) in [5.41, 5.74) is 0.838. The fourth-order valence-electron chi connectivity index (χ4n) is 4.28. The van der Waals surface area contributed by atoms with Crippen LogP contribution in [0.15, 0.2) is 47.3 Å². The Labute approximate surface area is 208 Å². The molecule has 10 heteroatoms. The molecule has 0 amide bonds. The van der Waals surface area contributed by atoms with Gasteiger partial charge in [-0.2, -0.15) is 5.26 Å². The number of aromatic nitrogens is 2. The van der Waals surface area contributed by atoms with E-state index in [2.05, 4.69) is 16.9 Å². The highest BCUT2D eigenvalue weighted by Crippen LogP contribution is 2.36. The summed E-state index contributed by atoms with van der Waals surface area (Å²) < 4.78 is 18.7. The highest BCUT2D eigenvalue weighted by molar-refractivity contribution is 7.18. The molecule has 2 heterocycles. The first-order chi connectivity index (χ1) is 17.3. The molecule has 8 nitrogen and oxygen atoms in total. The Bertz CT molecular complexity index is 1630. The molecule has 0 saturated carbocycles. The van der Waals surface area contributed by atoms with E-state index in [4.69, 9.17) is 4.74 Å². The number of nitro groups is 1. The van der Waals surface area contributed by atoms with Gasteiger partial charge in [-0.1, -0.05) is 13.0 Å². The van der Waals surface area contributed by atoms with E-state index in [1.165, 1.54) is 53.8 Å². The first-order valence-corrected chi connectivity index (χ1v) is 12.0. The number of nitrogens with one attached hydrogen (secondary N) is 1. The summed E-state index contributed by atoms with van der Waals surface area (Å²) in [6.07, 6.45) is 4.18. The van der Waals surface area contributed by atoms with Gasteiger partial charge < -0.3 is 9.72 Å². The second-order valence-corrected chi connectivity index (χ2v) is 9.74. The molecule has 0 fully saturated rings. The molecular formula is C26H19FN4O4S. The lowest BCUT2D eigenvalue weighted by Gasteiger charge is -2.17. The number of aryl methyl sites for hydroxylation is 1. The number of benzene rings is 2. The van der Waals surface area contributed by atoms with Crippen molar-refractivity contribution in [2.75, 3.05) is 0 Å². The van der Waals surface area contributed by atoms with Crippen LogP contribution in [0.3, 0.4) is 0 Å². The number of rotatable bonds is 5. The van der Waals surface area contributed by atoms with Crippen molar-refractivity contribution in [3.63, 3.8) is 0 Å². The molecule has 36 heavy (non-hydrogen) atoms. The van der Waals surface area contributed by atoms with Crippen LogP contribution in [0.2, 0.25) is 0 Å². The smallest absolute Gasteiger partial charge is 0.312 e. The quantitative estimate of drug-likeness (QED) is 0.202. The molecule has 0 spiro atoms. The fraction of sp³-hybridized carbons (Fsp3) is 0.192. The van der Waals surface area contributed by atoms with E-state index in [-0.39, 0.29) is 34.1 Å². The zero-order valence-corrected chi connectivity index (χ0v) is 19.9. The molecule has 1 atom stereocenters. The Hall–Kier alpha value is -4.36. The Morgan fingerprint density at radius 2 is 2.11 bits per heavy atom. The van der Waals surface area contributed by atoms with Gasteiger partial charge in [0.1, 0.15) is 22.5 Å². The van der Waals surface area contributed by atoms with Crippen molar-refractivity contribution in [1.29, 1.82) is 5.26 Å². The second-order valence-electron chi connectivity index (χ2n) is 8.66. The maximum atomic E-state index is 13.1. The summed E-state index contributed by atoms with van der Waals surface area (Å²) >= 11 is 1.48. The summed E-state index contributed by atoms with van der Waals surface area (Å²) in [5, 5.41) is 22.0. The number of fused-ring (bicyclic) bond motifs is 3. The molecular weight excluding hydrogens is 483 g/mol. The lowest BCUT2D eigenvalue weighted by Crippen LogP contribution is -2.14.